The van der Waals surface area contributed by atoms with Crippen molar-refractivity contribution in [3.63, 3.8) is 0 Å². The summed E-state index contributed by atoms with van der Waals surface area (Å²) >= 11 is 0. The SMILES string of the molecule is CCCC1CCC(CCc2ccc3c(c2F)C(F)(F)Cc2c-3ccc(OCC)c2F)CC1. The van der Waals surface area contributed by atoms with E-state index in [4.69, 9.17) is 4.74 Å². The zero-order valence-corrected chi connectivity index (χ0v) is 19.0. The highest BCUT2D eigenvalue weighted by atomic mass is 19.3. The first-order valence-electron chi connectivity index (χ1n) is 12.0. The van der Waals surface area contributed by atoms with E-state index in [1.807, 2.05) is 0 Å². The van der Waals surface area contributed by atoms with Gasteiger partial charge in [-0.1, -0.05) is 63.6 Å². The predicted molar refractivity (Wildman–Crippen MR) is 119 cm³/mol. The number of ether oxygens (including phenoxy) is 1. The third kappa shape index (κ3) is 4.40. The van der Waals surface area contributed by atoms with E-state index in [2.05, 4.69) is 6.92 Å². The van der Waals surface area contributed by atoms with E-state index in [1.165, 1.54) is 37.8 Å². The maximum atomic E-state index is 15.4. The van der Waals surface area contributed by atoms with Gasteiger partial charge in [0, 0.05) is 12.0 Å². The molecular weight excluding hydrogens is 416 g/mol. The quantitative estimate of drug-likeness (QED) is 0.388. The molecule has 174 valence electrons. The van der Waals surface area contributed by atoms with Crippen LogP contribution < -0.4 is 4.74 Å². The summed E-state index contributed by atoms with van der Waals surface area (Å²) in [5, 5.41) is 0. The Balaban J connectivity index is 1.57. The number of benzene rings is 2. The van der Waals surface area contributed by atoms with Gasteiger partial charge >= 0.3 is 0 Å². The van der Waals surface area contributed by atoms with Crippen LogP contribution in [0.15, 0.2) is 24.3 Å². The topological polar surface area (TPSA) is 9.23 Å². The molecule has 0 unspecified atom stereocenters. The molecule has 5 heteroatoms. The Morgan fingerprint density at radius 1 is 0.875 bits per heavy atom. The number of fused-ring (bicyclic) bond motifs is 3. The summed E-state index contributed by atoms with van der Waals surface area (Å²) < 4.78 is 65.5. The van der Waals surface area contributed by atoms with Crippen molar-refractivity contribution in [3.05, 3.63) is 52.6 Å². The van der Waals surface area contributed by atoms with E-state index in [1.54, 1.807) is 19.1 Å². The van der Waals surface area contributed by atoms with E-state index >= 15 is 13.2 Å². The van der Waals surface area contributed by atoms with Crippen molar-refractivity contribution < 1.29 is 22.3 Å². The fourth-order valence-electron chi connectivity index (χ4n) is 5.57. The highest BCUT2D eigenvalue weighted by molar-refractivity contribution is 5.76. The molecule has 0 heterocycles. The Bertz CT molecular complexity index is 961. The van der Waals surface area contributed by atoms with Gasteiger partial charge in [-0.3, -0.25) is 0 Å². The van der Waals surface area contributed by atoms with Crippen LogP contribution in [-0.2, 0) is 18.8 Å². The average molecular weight is 449 g/mol. The van der Waals surface area contributed by atoms with E-state index < -0.39 is 29.5 Å². The van der Waals surface area contributed by atoms with E-state index in [9.17, 15) is 4.39 Å². The summed E-state index contributed by atoms with van der Waals surface area (Å²) in [6, 6.07) is 6.14. The second kappa shape index (κ2) is 9.44. The van der Waals surface area contributed by atoms with Crippen molar-refractivity contribution in [3.8, 4) is 16.9 Å². The van der Waals surface area contributed by atoms with Crippen LogP contribution in [0.1, 0.15) is 75.5 Å². The van der Waals surface area contributed by atoms with Crippen LogP contribution in [0.25, 0.3) is 11.1 Å². The predicted octanol–water partition coefficient (Wildman–Crippen LogP) is 8.22. The van der Waals surface area contributed by atoms with Crippen molar-refractivity contribution >= 4 is 0 Å². The second-order valence-corrected chi connectivity index (χ2v) is 9.39. The van der Waals surface area contributed by atoms with Gasteiger partial charge in [0.25, 0.3) is 5.92 Å². The largest absolute Gasteiger partial charge is 0.491 e. The molecule has 1 saturated carbocycles. The number of halogens is 4. The minimum atomic E-state index is -3.47. The highest BCUT2D eigenvalue weighted by Crippen LogP contribution is 2.49. The number of alkyl halides is 2. The summed E-state index contributed by atoms with van der Waals surface area (Å²) in [5.41, 5.74) is 0.0576. The first-order valence-corrected chi connectivity index (χ1v) is 12.0. The molecule has 0 bridgehead atoms. The number of hydrogen-bond donors (Lipinski definition) is 0. The fourth-order valence-corrected chi connectivity index (χ4v) is 5.57. The summed E-state index contributed by atoms with van der Waals surface area (Å²) in [4.78, 5) is 0. The maximum Gasteiger partial charge on any atom is 0.280 e. The summed E-state index contributed by atoms with van der Waals surface area (Å²) in [7, 11) is 0. The van der Waals surface area contributed by atoms with Gasteiger partial charge in [0.05, 0.1) is 12.2 Å². The Labute approximate surface area is 188 Å². The molecule has 0 aliphatic heterocycles. The van der Waals surface area contributed by atoms with Crippen LogP contribution in [0.5, 0.6) is 5.75 Å². The summed E-state index contributed by atoms with van der Waals surface area (Å²) in [6.07, 6.45) is 7.63. The molecule has 0 N–H and O–H groups in total. The van der Waals surface area contributed by atoms with Gasteiger partial charge in [-0.25, -0.2) is 17.6 Å². The molecule has 2 aromatic rings. The molecule has 1 fully saturated rings. The Morgan fingerprint density at radius 3 is 2.19 bits per heavy atom. The molecule has 2 aliphatic carbocycles. The number of hydrogen-bond acceptors (Lipinski definition) is 1. The molecule has 0 amide bonds. The van der Waals surface area contributed by atoms with Crippen LogP contribution in [0.2, 0.25) is 0 Å². The lowest BCUT2D eigenvalue weighted by molar-refractivity contribution is -0.00937. The summed E-state index contributed by atoms with van der Waals surface area (Å²) in [5.74, 6) is -3.78. The lowest BCUT2D eigenvalue weighted by atomic mass is 9.77. The third-order valence-electron chi connectivity index (χ3n) is 7.27. The van der Waals surface area contributed by atoms with Gasteiger partial charge in [-0.15, -0.1) is 0 Å². The maximum absolute atomic E-state index is 15.4. The normalized spacial score (nSPS) is 21.7. The van der Waals surface area contributed by atoms with Crippen molar-refractivity contribution in [2.75, 3.05) is 6.61 Å². The first-order chi connectivity index (χ1) is 15.4. The molecule has 32 heavy (non-hydrogen) atoms. The van der Waals surface area contributed by atoms with Crippen LogP contribution in [0.3, 0.4) is 0 Å². The highest BCUT2D eigenvalue weighted by Gasteiger charge is 2.44. The molecule has 0 radical (unpaired) electrons. The molecule has 4 rings (SSSR count). The lowest BCUT2D eigenvalue weighted by Gasteiger charge is -2.30. The Hall–Kier alpha value is -2.04. The fraction of sp³-hybridized carbons (Fsp3) is 0.556. The first kappa shape index (κ1) is 23.1. The van der Waals surface area contributed by atoms with Gasteiger partial charge in [0.2, 0.25) is 0 Å². The van der Waals surface area contributed by atoms with E-state index in [0.717, 1.165) is 25.2 Å². The van der Waals surface area contributed by atoms with Crippen molar-refractivity contribution in [1.29, 1.82) is 0 Å². The molecule has 0 saturated heterocycles. The molecule has 0 spiro atoms. The van der Waals surface area contributed by atoms with E-state index in [-0.39, 0.29) is 23.5 Å². The van der Waals surface area contributed by atoms with Gasteiger partial charge in [-0.05, 0) is 54.4 Å². The van der Waals surface area contributed by atoms with Gasteiger partial charge < -0.3 is 4.74 Å². The van der Waals surface area contributed by atoms with Crippen LogP contribution >= 0.6 is 0 Å². The minimum absolute atomic E-state index is 0.0451. The molecule has 2 aromatic carbocycles. The van der Waals surface area contributed by atoms with Gasteiger partial charge in [0.15, 0.2) is 11.6 Å². The van der Waals surface area contributed by atoms with Crippen LogP contribution in [-0.4, -0.2) is 6.61 Å². The number of aryl methyl sites for hydroxylation is 1. The minimum Gasteiger partial charge on any atom is -0.491 e. The molecular formula is C27H32F4O. The van der Waals surface area contributed by atoms with Gasteiger partial charge in [-0.2, -0.15) is 0 Å². The number of rotatable bonds is 7. The molecule has 0 atom stereocenters. The average Bonchev–Trinajstić information content (AvgIpc) is 2.76. The van der Waals surface area contributed by atoms with Crippen LogP contribution in [0, 0.1) is 23.5 Å². The summed E-state index contributed by atoms with van der Waals surface area (Å²) in [6.45, 7) is 4.16. The van der Waals surface area contributed by atoms with Crippen molar-refractivity contribution in [2.24, 2.45) is 11.8 Å². The van der Waals surface area contributed by atoms with Crippen molar-refractivity contribution in [2.45, 2.75) is 77.6 Å². The lowest BCUT2D eigenvalue weighted by Crippen LogP contribution is -2.26. The van der Waals surface area contributed by atoms with Gasteiger partial charge in [0.1, 0.15) is 5.82 Å². The zero-order chi connectivity index (χ0) is 22.9. The third-order valence-corrected chi connectivity index (χ3v) is 7.27. The van der Waals surface area contributed by atoms with Crippen LogP contribution in [0.4, 0.5) is 17.6 Å². The van der Waals surface area contributed by atoms with Crippen molar-refractivity contribution in [1.82, 2.24) is 0 Å². The molecule has 1 nitrogen and oxygen atoms in total. The second-order valence-electron chi connectivity index (χ2n) is 9.39. The molecule has 0 aromatic heterocycles. The smallest absolute Gasteiger partial charge is 0.280 e. The Kier molecular flexibility index (Phi) is 6.83. The van der Waals surface area contributed by atoms with E-state index in [0.29, 0.717) is 23.5 Å². The Morgan fingerprint density at radius 2 is 1.53 bits per heavy atom. The molecule has 2 aliphatic rings. The monoisotopic (exact) mass is 448 g/mol. The zero-order valence-electron chi connectivity index (χ0n) is 19.0. The standard InChI is InChI=1S/C27H32F4O/c1-3-5-17-6-8-18(9-7-17)10-11-19-12-13-21-20-14-15-23(32-4-2)26(29)22(20)16-27(30,31)24(21)25(19)28/h12-15,17-18H,3-11,16H2,1-2H3.